The third-order valence-corrected chi connectivity index (χ3v) is 5.38. The number of rotatable bonds is 9. The van der Waals surface area contributed by atoms with Crippen molar-refractivity contribution < 1.29 is 5.11 Å². The highest BCUT2D eigenvalue weighted by Gasteiger charge is 2.19. The second kappa shape index (κ2) is 10.5. The number of allylic oxidation sites excluding steroid dienone is 2. The molecule has 0 spiro atoms. The molecule has 0 saturated heterocycles. The quantitative estimate of drug-likeness (QED) is 0.474. The predicted molar refractivity (Wildman–Crippen MR) is 117 cm³/mol. The van der Waals surface area contributed by atoms with Gasteiger partial charge in [-0.25, -0.2) is 0 Å². The van der Waals surface area contributed by atoms with Gasteiger partial charge < -0.3 is 5.11 Å². The zero-order valence-electron chi connectivity index (χ0n) is 17.7. The second-order valence-corrected chi connectivity index (χ2v) is 8.25. The van der Waals surface area contributed by atoms with Gasteiger partial charge in [0.2, 0.25) is 0 Å². The summed E-state index contributed by atoms with van der Waals surface area (Å²) in [5, 5.41) is 10.8. The third-order valence-electron chi connectivity index (χ3n) is 5.38. The van der Waals surface area contributed by atoms with Gasteiger partial charge in [0.15, 0.2) is 0 Å². The summed E-state index contributed by atoms with van der Waals surface area (Å²) < 4.78 is 0. The van der Waals surface area contributed by atoms with Gasteiger partial charge in [0.05, 0.1) is 6.10 Å². The minimum absolute atomic E-state index is 0.221. The van der Waals surface area contributed by atoms with E-state index < -0.39 is 6.10 Å². The first-order valence-electron chi connectivity index (χ1n) is 10.4. The molecule has 0 bridgehead atoms. The normalized spacial score (nSPS) is 14.4. The molecule has 146 valence electrons. The molecule has 2 aromatic carbocycles. The van der Waals surface area contributed by atoms with Gasteiger partial charge in [0.1, 0.15) is 0 Å². The van der Waals surface area contributed by atoms with Crippen molar-refractivity contribution in [3.8, 4) is 0 Å². The fourth-order valence-electron chi connectivity index (χ4n) is 3.47. The lowest BCUT2D eigenvalue weighted by Crippen LogP contribution is -2.12. The Morgan fingerprint density at radius 2 is 1.48 bits per heavy atom. The van der Waals surface area contributed by atoms with Crippen LogP contribution in [-0.2, 0) is 6.42 Å². The first-order valence-corrected chi connectivity index (χ1v) is 10.4. The molecule has 2 atom stereocenters. The van der Waals surface area contributed by atoms with E-state index in [4.69, 9.17) is 0 Å². The molecule has 1 heteroatoms. The van der Waals surface area contributed by atoms with Gasteiger partial charge in [0, 0.05) is 0 Å². The Bertz CT molecular complexity index is 707. The maximum absolute atomic E-state index is 10.8. The number of aliphatic hydroxyl groups excluding tert-OH is 1. The van der Waals surface area contributed by atoms with Crippen molar-refractivity contribution in [2.24, 2.45) is 11.8 Å². The van der Waals surface area contributed by atoms with Crippen molar-refractivity contribution in [1.29, 1.82) is 0 Å². The Labute approximate surface area is 166 Å². The van der Waals surface area contributed by atoms with Gasteiger partial charge in [-0.1, -0.05) is 99.9 Å². The molecule has 0 aliphatic rings. The fraction of sp³-hybridized carbons (Fsp3) is 0.462. The summed E-state index contributed by atoms with van der Waals surface area (Å²) in [7, 11) is 0. The zero-order valence-corrected chi connectivity index (χ0v) is 17.7. The van der Waals surface area contributed by atoms with Crippen molar-refractivity contribution in [2.45, 2.75) is 66.4 Å². The average Bonchev–Trinajstić information content (AvgIpc) is 2.66. The lowest BCUT2D eigenvalue weighted by atomic mass is 9.86. The lowest BCUT2D eigenvalue weighted by Gasteiger charge is -2.23. The van der Waals surface area contributed by atoms with Crippen LogP contribution < -0.4 is 0 Å². The Morgan fingerprint density at radius 3 is 2.00 bits per heavy atom. The van der Waals surface area contributed by atoms with Crippen LogP contribution in [0.5, 0.6) is 0 Å². The van der Waals surface area contributed by atoms with E-state index in [9.17, 15) is 5.11 Å². The average molecular weight is 365 g/mol. The summed E-state index contributed by atoms with van der Waals surface area (Å²) in [6.45, 7) is 11.0. The molecular weight excluding hydrogens is 328 g/mol. The van der Waals surface area contributed by atoms with E-state index in [2.05, 4.69) is 89.2 Å². The Balaban J connectivity index is 2.01. The number of aliphatic hydroxyl groups is 1. The lowest BCUT2D eigenvalue weighted by molar-refractivity contribution is 0.116. The highest BCUT2D eigenvalue weighted by molar-refractivity contribution is 5.31. The van der Waals surface area contributed by atoms with E-state index in [1.165, 1.54) is 28.7 Å². The van der Waals surface area contributed by atoms with Crippen LogP contribution in [0.2, 0.25) is 0 Å². The van der Waals surface area contributed by atoms with E-state index >= 15 is 0 Å². The molecule has 27 heavy (non-hydrogen) atoms. The minimum Gasteiger partial charge on any atom is -0.388 e. The SMILES string of the molecule is CCCC=C(CC(C)C(O)c1ccc(Cc2ccc(C)cc2)cc1)C(C)C. The van der Waals surface area contributed by atoms with Gasteiger partial charge in [-0.15, -0.1) is 0 Å². The van der Waals surface area contributed by atoms with Crippen LogP contribution >= 0.6 is 0 Å². The summed E-state index contributed by atoms with van der Waals surface area (Å²) in [6.07, 6.45) is 6.16. The zero-order chi connectivity index (χ0) is 19.8. The van der Waals surface area contributed by atoms with Gasteiger partial charge in [-0.05, 0) is 54.7 Å². The fourth-order valence-corrected chi connectivity index (χ4v) is 3.47. The van der Waals surface area contributed by atoms with Crippen LogP contribution in [-0.4, -0.2) is 5.11 Å². The Hall–Kier alpha value is -1.86. The molecule has 0 heterocycles. The van der Waals surface area contributed by atoms with Crippen LogP contribution in [0.25, 0.3) is 0 Å². The van der Waals surface area contributed by atoms with E-state index in [0.29, 0.717) is 5.92 Å². The Kier molecular flexibility index (Phi) is 8.31. The number of unbranched alkanes of at least 4 members (excludes halogenated alkanes) is 1. The molecule has 2 unspecified atom stereocenters. The molecule has 0 aromatic heterocycles. The molecule has 0 radical (unpaired) electrons. The Morgan fingerprint density at radius 1 is 0.926 bits per heavy atom. The summed E-state index contributed by atoms with van der Waals surface area (Å²) in [4.78, 5) is 0. The highest BCUT2D eigenvalue weighted by Crippen LogP contribution is 2.30. The molecular formula is C26H36O. The van der Waals surface area contributed by atoms with E-state index in [1.807, 2.05) is 0 Å². The van der Waals surface area contributed by atoms with Crippen molar-refractivity contribution in [3.05, 3.63) is 82.4 Å². The van der Waals surface area contributed by atoms with Crippen LogP contribution in [0.4, 0.5) is 0 Å². The summed E-state index contributed by atoms with van der Waals surface area (Å²) in [6, 6.07) is 17.2. The molecule has 0 aliphatic carbocycles. The number of hydrogen-bond acceptors (Lipinski definition) is 1. The molecule has 1 N–H and O–H groups in total. The maximum atomic E-state index is 10.8. The highest BCUT2D eigenvalue weighted by atomic mass is 16.3. The van der Waals surface area contributed by atoms with Crippen molar-refractivity contribution >= 4 is 0 Å². The van der Waals surface area contributed by atoms with Gasteiger partial charge >= 0.3 is 0 Å². The van der Waals surface area contributed by atoms with Crippen molar-refractivity contribution in [2.75, 3.05) is 0 Å². The summed E-state index contributed by atoms with van der Waals surface area (Å²) in [5.41, 5.74) is 6.39. The second-order valence-electron chi connectivity index (χ2n) is 8.25. The standard InChI is InChI=1S/C26H36O/c1-6-7-8-25(19(2)3)17-21(5)26(27)24-15-13-23(14-16-24)18-22-11-9-20(4)10-12-22/h8-16,19,21,26-27H,6-7,17-18H2,1-5H3. The van der Waals surface area contributed by atoms with E-state index in [1.54, 1.807) is 0 Å². The van der Waals surface area contributed by atoms with Gasteiger partial charge in [-0.3, -0.25) is 0 Å². The van der Waals surface area contributed by atoms with Crippen molar-refractivity contribution in [3.63, 3.8) is 0 Å². The first kappa shape index (κ1) is 21.4. The molecule has 0 fully saturated rings. The molecule has 0 aliphatic heterocycles. The van der Waals surface area contributed by atoms with E-state index in [-0.39, 0.29) is 5.92 Å². The molecule has 2 rings (SSSR count). The topological polar surface area (TPSA) is 20.2 Å². The smallest absolute Gasteiger partial charge is 0.0818 e. The molecule has 0 amide bonds. The van der Waals surface area contributed by atoms with Crippen LogP contribution in [0.3, 0.4) is 0 Å². The first-order chi connectivity index (χ1) is 12.9. The minimum atomic E-state index is -0.415. The summed E-state index contributed by atoms with van der Waals surface area (Å²) in [5.74, 6) is 0.765. The van der Waals surface area contributed by atoms with Gasteiger partial charge in [-0.2, -0.15) is 0 Å². The van der Waals surface area contributed by atoms with Crippen molar-refractivity contribution in [1.82, 2.24) is 0 Å². The number of benzene rings is 2. The predicted octanol–water partition coefficient (Wildman–Crippen LogP) is 7.03. The van der Waals surface area contributed by atoms with Crippen LogP contribution in [0.1, 0.15) is 75.3 Å². The molecule has 0 saturated carbocycles. The molecule has 2 aromatic rings. The monoisotopic (exact) mass is 364 g/mol. The number of hydrogen-bond donors (Lipinski definition) is 1. The maximum Gasteiger partial charge on any atom is 0.0818 e. The number of aryl methyl sites for hydroxylation is 1. The van der Waals surface area contributed by atoms with Crippen LogP contribution in [0.15, 0.2) is 60.2 Å². The third kappa shape index (κ3) is 6.66. The summed E-state index contributed by atoms with van der Waals surface area (Å²) >= 11 is 0. The van der Waals surface area contributed by atoms with Gasteiger partial charge in [0.25, 0.3) is 0 Å². The largest absolute Gasteiger partial charge is 0.388 e. The van der Waals surface area contributed by atoms with E-state index in [0.717, 1.165) is 24.8 Å². The molecule has 1 nitrogen and oxygen atoms in total. The van der Waals surface area contributed by atoms with Crippen LogP contribution in [0, 0.1) is 18.8 Å².